The van der Waals surface area contributed by atoms with E-state index in [-0.39, 0.29) is 0 Å². The predicted octanol–water partition coefficient (Wildman–Crippen LogP) is 1.62. The zero-order chi connectivity index (χ0) is 12.2. The molecule has 2 heterocycles. The van der Waals surface area contributed by atoms with E-state index >= 15 is 0 Å². The first-order valence-corrected chi connectivity index (χ1v) is 6.56. The van der Waals surface area contributed by atoms with Crippen LogP contribution in [0, 0.1) is 0 Å². The molecule has 1 aliphatic heterocycles. The Labute approximate surface area is 107 Å². The molecule has 2 aromatic rings. The molecule has 1 aliphatic rings. The fraction of sp³-hybridized carbons (Fsp3) is 0.429. The van der Waals surface area contributed by atoms with Crippen LogP contribution in [0.3, 0.4) is 0 Å². The van der Waals surface area contributed by atoms with Crippen molar-refractivity contribution in [1.29, 1.82) is 0 Å². The Morgan fingerprint density at radius 3 is 2.94 bits per heavy atom. The summed E-state index contributed by atoms with van der Waals surface area (Å²) in [5, 5.41) is 7.84. The summed E-state index contributed by atoms with van der Waals surface area (Å²) < 4.78 is 2.01. The highest BCUT2D eigenvalue weighted by atomic mass is 15.3. The lowest BCUT2D eigenvalue weighted by Crippen LogP contribution is -2.25. The molecule has 94 valence electrons. The summed E-state index contributed by atoms with van der Waals surface area (Å²) in [5.41, 5.74) is 1.27. The van der Waals surface area contributed by atoms with Crippen LogP contribution in [0.5, 0.6) is 0 Å². The predicted molar refractivity (Wildman–Crippen MR) is 70.3 cm³/mol. The van der Waals surface area contributed by atoms with Crippen LogP contribution in [-0.2, 0) is 13.0 Å². The zero-order valence-electron chi connectivity index (χ0n) is 10.4. The van der Waals surface area contributed by atoms with Gasteiger partial charge in [0.25, 0.3) is 0 Å². The maximum atomic E-state index is 4.39. The Bertz CT molecular complexity index is 486. The minimum Gasteiger partial charge on any atom is -0.314 e. The van der Waals surface area contributed by atoms with Gasteiger partial charge in [0.05, 0.1) is 6.54 Å². The Balaban J connectivity index is 1.71. The molecule has 1 saturated heterocycles. The van der Waals surface area contributed by atoms with Crippen molar-refractivity contribution in [2.45, 2.75) is 31.8 Å². The summed E-state index contributed by atoms with van der Waals surface area (Å²) in [6.45, 7) is 1.94. The molecule has 0 spiro atoms. The number of benzene rings is 1. The minimum absolute atomic E-state index is 0.573. The van der Waals surface area contributed by atoms with E-state index in [4.69, 9.17) is 0 Å². The van der Waals surface area contributed by atoms with Crippen LogP contribution < -0.4 is 5.32 Å². The van der Waals surface area contributed by atoms with Crippen molar-refractivity contribution < 1.29 is 0 Å². The lowest BCUT2D eigenvalue weighted by molar-refractivity contribution is 0.547. The van der Waals surface area contributed by atoms with Crippen molar-refractivity contribution in [2.75, 3.05) is 6.54 Å². The molecule has 0 aliphatic carbocycles. The highest BCUT2D eigenvalue weighted by Gasteiger charge is 2.17. The van der Waals surface area contributed by atoms with E-state index < -0.39 is 0 Å². The molecule has 0 amide bonds. The highest BCUT2D eigenvalue weighted by molar-refractivity contribution is 5.15. The van der Waals surface area contributed by atoms with Crippen molar-refractivity contribution in [1.82, 2.24) is 20.1 Å². The van der Waals surface area contributed by atoms with Gasteiger partial charge >= 0.3 is 0 Å². The molecular weight excluding hydrogens is 224 g/mol. The van der Waals surface area contributed by atoms with Gasteiger partial charge in [-0.2, -0.15) is 5.10 Å². The molecule has 3 rings (SSSR count). The average Bonchev–Trinajstić information content (AvgIpc) is 3.04. The first-order chi connectivity index (χ1) is 8.92. The third kappa shape index (κ3) is 2.59. The fourth-order valence-electron chi connectivity index (χ4n) is 2.49. The highest BCUT2D eigenvalue weighted by Crippen LogP contribution is 2.11. The second-order valence-corrected chi connectivity index (χ2v) is 4.82. The van der Waals surface area contributed by atoms with E-state index in [2.05, 4.69) is 39.7 Å². The van der Waals surface area contributed by atoms with E-state index in [1.165, 1.54) is 18.4 Å². The van der Waals surface area contributed by atoms with Gasteiger partial charge in [0, 0.05) is 12.5 Å². The van der Waals surface area contributed by atoms with E-state index in [0.29, 0.717) is 6.04 Å². The van der Waals surface area contributed by atoms with Gasteiger partial charge in [-0.15, -0.1) is 0 Å². The van der Waals surface area contributed by atoms with Gasteiger partial charge in [-0.3, -0.25) is 0 Å². The van der Waals surface area contributed by atoms with Crippen LogP contribution in [-0.4, -0.2) is 27.4 Å². The van der Waals surface area contributed by atoms with Gasteiger partial charge in [-0.1, -0.05) is 30.3 Å². The summed E-state index contributed by atoms with van der Waals surface area (Å²) in [6, 6.07) is 11.0. The molecule has 0 radical (unpaired) electrons. The molecule has 0 bridgehead atoms. The summed E-state index contributed by atoms with van der Waals surface area (Å²) in [5.74, 6) is 1.08. The van der Waals surface area contributed by atoms with E-state index in [9.17, 15) is 0 Å². The topological polar surface area (TPSA) is 42.7 Å². The molecule has 18 heavy (non-hydrogen) atoms. The van der Waals surface area contributed by atoms with Crippen molar-refractivity contribution in [2.24, 2.45) is 0 Å². The first-order valence-electron chi connectivity index (χ1n) is 6.56. The molecule has 1 aromatic heterocycles. The smallest absolute Gasteiger partial charge is 0.138 e. The Morgan fingerprint density at radius 1 is 1.28 bits per heavy atom. The third-order valence-electron chi connectivity index (χ3n) is 3.46. The SMILES string of the molecule is c1ccc(Cn2ncnc2CC2CCCN2)cc1. The summed E-state index contributed by atoms with van der Waals surface area (Å²) in [4.78, 5) is 4.39. The van der Waals surface area contributed by atoms with Crippen LogP contribution in [0.25, 0.3) is 0 Å². The molecule has 1 atom stereocenters. The van der Waals surface area contributed by atoms with Crippen LogP contribution in [0.4, 0.5) is 0 Å². The van der Waals surface area contributed by atoms with Crippen molar-refractivity contribution in [3.8, 4) is 0 Å². The molecular formula is C14H18N4. The van der Waals surface area contributed by atoms with Gasteiger partial charge in [0.15, 0.2) is 0 Å². The van der Waals surface area contributed by atoms with Crippen LogP contribution in [0.2, 0.25) is 0 Å². The molecule has 4 heteroatoms. The quantitative estimate of drug-likeness (QED) is 0.886. The summed E-state index contributed by atoms with van der Waals surface area (Å²) in [6.07, 6.45) is 5.16. The van der Waals surface area contributed by atoms with Crippen LogP contribution >= 0.6 is 0 Å². The number of hydrogen-bond donors (Lipinski definition) is 1. The molecule has 1 unspecified atom stereocenters. The van der Waals surface area contributed by atoms with Crippen molar-refractivity contribution in [3.63, 3.8) is 0 Å². The zero-order valence-corrected chi connectivity index (χ0v) is 10.4. The average molecular weight is 242 g/mol. The van der Waals surface area contributed by atoms with Crippen molar-refractivity contribution >= 4 is 0 Å². The van der Waals surface area contributed by atoms with Crippen molar-refractivity contribution in [3.05, 3.63) is 48.0 Å². The maximum absolute atomic E-state index is 4.39. The minimum atomic E-state index is 0.573. The van der Waals surface area contributed by atoms with E-state index in [0.717, 1.165) is 25.3 Å². The molecule has 1 fully saturated rings. The lowest BCUT2D eigenvalue weighted by Gasteiger charge is -2.11. The van der Waals surface area contributed by atoms with Gasteiger partial charge in [-0.05, 0) is 24.9 Å². The summed E-state index contributed by atoms with van der Waals surface area (Å²) in [7, 11) is 0. The first kappa shape index (κ1) is 11.4. The largest absolute Gasteiger partial charge is 0.314 e. The van der Waals surface area contributed by atoms with Gasteiger partial charge in [0.2, 0.25) is 0 Å². The Morgan fingerprint density at radius 2 is 2.17 bits per heavy atom. The van der Waals surface area contributed by atoms with Gasteiger partial charge in [-0.25, -0.2) is 9.67 Å². The lowest BCUT2D eigenvalue weighted by atomic mass is 10.1. The van der Waals surface area contributed by atoms with Gasteiger partial charge < -0.3 is 5.32 Å². The van der Waals surface area contributed by atoms with Gasteiger partial charge in [0.1, 0.15) is 12.2 Å². The van der Waals surface area contributed by atoms with E-state index in [1.807, 2.05) is 10.7 Å². The van der Waals surface area contributed by atoms with E-state index in [1.54, 1.807) is 6.33 Å². The molecule has 4 nitrogen and oxygen atoms in total. The maximum Gasteiger partial charge on any atom is 0.138 e. The standard InChI is InChI=1S/C14H18N4/c1-2-5-12(6-3-1)10-18-14(16-11-17-18)9-13-7-4-8-15-13/h1-3,5-6,11,13,15H,4,7-10H2. The third-order valence-corrected chi connectivity index (χ3v) is 3.46. The Hall–Kier alpha value is -1.68. The van der Waals surface area contributed by atoms with Crippen LogP contribution in [0.1, 0.15) is 24.2 Å². The normalized spacial score (nSPS) is 19.2. The molecule has 1 aromatic carbocycles. The Kier molecular flexibility index (Phi) is 3.37. The number of nitrogens with zero attached hydrogens (tertiary/aromatic N) is 3. The second kappa shape index (κ2) is 5.31. The van der Waals surface area contributed by atoms with Crippen LogP contribution in [0.15, 0.2) is 36.7 Å². The molecule has 0 saturated carbocycles. The molecule has 1 N–H and O–H groups in total. The number of rotatable bonds is 4. The fourth-order valence-corrected chi connectivity index (χ4v) is 2.49. The number of nitrogens with one attached hydrogen (secondary N) is 1. The monoisotopic (exact) mass is 242 g/mol. The number of aromatic nitrogens is 3. The second-order valence-electron chi connectivity index (χ2n) is 4.82. The summed E-state index contributed by atoms with van der Waals surface area (Å²) >= 11 is 0. The number of hydrogen-bond acceptors (Lipinski definition) is 3.